The maximum atomic E-state index is 12.6. The van der Waals surface area contributed by atoms with E-state index in [1.807, 2.05) is 55.5 Å². The van der Waals surface area contributed by atoms with Gasteiger partial charge in [0, 0.05) is 17.6 Å². The molecule has 25 heavy (non-hydrogen) atoms. The predicted octanol–water partition coefficient (Wildman–Crippen LogP) is 3.70. The van der Waals surface area contributed by atoms with Gasteiger partial charge in [0.05, 0.1) is 22.8 Å². The molecule has 2 N–H and O–H groups in total. The summed E-state index contributed by atoms with van der Waals surface area (Å²) in [5.41, 5.74) is 2.40. The van der Waals surface area contributed by atoms with Crippen LogP contribution in [0.15, 0.2) is 54.7 Å². The van der Waals surface area contributed by atoms with Crippen molar-refractivity contribution in [3.8, 4) is 0 Å². The largest absolute Gasteiger partial charge is 0.362 e. The molecule has 0 saturated heterocycles. The van der Waals surface area contributed by atoms with Gasteiger partial charge in [0.1, 0.15) is 5.82 Å². The Morgan fingerprint density at radius 3 is 2.72 bits per heavy atom. The number of carbonyl (C=O) groups is 1. The van der Waals surface area contributed by atoms with Gasteiger partial charge in [-0.3, -0.25) is 9.78 Å². The Kier molecular flexibility index (Phi) is 4.06. The summed E-state index contributed by atoms with van der Waals surface area (Å²) in [6, 6.07) is 15.7. The summed E-state index contributed by atoms with van der Waals surface area (Å²) in [5, 5.41) is 7.30. The van der Waals surface area contributed by atoms with Gasteiger partial charge in [0.2, 0.25) is 0 Å². The van der Waals surface area contributed by atoms with Crippen LogP contribution >= 0.6 is 0 Å². The van der Waals surface area contributed by atoms with E-state index < -0.39 is 0 Å². The zero-order chi connectivity index (χ0) is 17.2. The molecule has 2 aromatic heterocycles. The van der Waals surface area contributed by atoms with Crippen LogP contribution in [0.25, 0.3) is 10.9 Å². The molecule has 0 aliphatic heterocycles. The standard InChI is InChI=1S/C20H20N4O/c1-13(17-7-4-5-11-21-17)22-19-12-16(20(25)23-14-9-10-14)15-6-2-3-8-18(15)24-19/h2-8,11-14H,9-10H2,1H3,(H,22,24)(H,23,25)/t13-/m0/s1. The first kappa shape index (κ1) is 15.6. The molecule has 0 bridgehead atoms. The number of fused-ring (bicyclic) bond motifs is 1. The number of rotatable bonds is 5. The molecule has 3 aromatic rings. The number of benzene rings is 1. The fourth-order valence-corrected chi connectivity index (χ4v) is 2.86. The second-order valence-corrected chi connectivity index (χ2v) is 6.44. The van der Waals surface area contributed by atoms with Gasteiger partial charge >= 0.3 is 0 Å². The van der Waals surface area contributed by atoms with Crippen molar-refractivity contribution in [1.82, 2.24) is 15.3 Å². The zero-order valence-corrected chi connectivity index (χ0v) is 14.1. The second kappa shape index (κ2) is 6.51. The number of nitrogens with zero attached hydrogens (tertiary/aromatic N) is 2. The van der Waals surface area contributed by atoms with Gasteiger partial charge in [-0.05, 0) is 44.0 Å². The average molecular weight is 332 g/mol. The fraction of sp³-hybridized carbons (Fsp3) is 0.250. The number of anilines is 1. The van der Waals surface area contributed by atoms with Crippen LogP contribution in [0, 0.1) is 0 Å². The Bertz CT molecular complexity index is 906. The lowest BCUT2D eigenvalue weighted by molar-refractivity contribution is 0.0952. The highest BCUT2D eigenvalue weighted by molar-refractivity contribution is 6.07. The third-order valence-corrected chi connectivity index (χ3v) is 4.37. The Morgan fingerprint density at radius 2 is 1.96 bits per heavy atom. The summed E-state index contributed by atoms with van der Waals surface area (Å²) in [5.74, 6) is 0.646. The maximum absolute atomic E-state index is 12.6. The molecule has 0 radical (unpaired) electrons. The Morgan fingerprint density at radius 1 is 1.16 bits per heavy atom. The third-order valence-electron chi connectivity index (χ3n) is 4.37. The zero-order valence-electron chi connectivity index (χ0n) is 14.1. The summed E-state index contributed by atoms with van der Waals surface area (Å²) in [4.78, 5) is 21.7. The van der Waals surface area contributed by atoms with Crippen molar-refractivity contribution >= 4 is 22.6 Å². The topological polar surface area (TPSA) is 66.9 Å². The lowest BCUT2D eigenvalue weighted by Gasteiger charge is -2.16. The van der Waals surface area contributed by atoms with Crippen LogP contribution in [0.3, 0.4) is 0 Å². The Labute approximate surface area is 146 Å². The molecule has 1 amide bonds. The number of amides is 1. The third kappa shape index (κ3) is 3.45. The molecule has 0 unspecified atom stereocenters. The van der Waals surface area contributed by atoms with E-state index in [-0.39, 0.29) is 11.9 Å². The van der Waals surface area contributed by atoms with Crippen molar-refractivity contribution in [3.63, 3.8) is 0 Å². The van der Waals surface area contributed by atoms with Crippen LogP contribution in [0.2, 0.25) is 0 Å². The van der Waals surface area contributed by atoms with Gasteiger partial charge in [0.15, 0.2) is 0 Å². The number of pyridine rings is 2. The molecule has 1 fully saturated rings. The van der Waals surface area contributed by atoms with E-state index in [1.165, 1.54) is 0 Å². The SMILES string of the molecule is C[C@H](Nc1cc(C(=O)NC2CC2)c2ccccc2n1)c1ccccn1. The van der Waals surface area contributed by atoms with Crippen molar-refractivity contribution in [3.05, 3.63) is 66.0 Å². The summed E-state index contributed by atoms with van der Waals surface area (Å²) in [7, 11) is 0. The van der Waals surface area contributed by atoms with Gasteiger partial charge < -0.3 is 10.6 Å². The van der Waals surface area contributed by atoms with Crippen LogP contribution in [-0.2, 0) is 0 Å². The fourth-order valence-electron chi connectivity index (χ4n) is 2.86. The van der Waals surface area contributed by atoms with E-state index in [0.29, 0.717) is 17.4 Å². The van der Waals surface area contributed by atoms with E-state index in [4.69, 9.17) is 0 Å². The van der Waals surface area contributed by atoms with Gasteiger partial charge in [-0.2, -0.15) is 0 Å². The first-order valence-corrected chi connectivity index (χ1v) is 8.59. The molecular weight excluding hydrogens is 312 g/mol. The highest BCUT2D eigenvalue weighted by Gasteiger charge is 2.25. The van der Waals surface area contributed by atoms with Crippen LogP contribution < -0.4 is 10.6 Å². The smallest absolute Gasteiger partial charge is 0.252 e. The van der Waals surface area contributed by atoms with Crippen LogP contribution in [-0.4, -0.2) is 21.9 Å². The van der Waals surface area contributed by atoms with Crippen molar-refractivity contribution in [2.24, 2.45) is 0 Å². The average Bonchev–Trinajstić information content (AvgIpc) is 3.45. The van der Waals surface area contributed by atoms with Gasteiger partial charge in [-0.25, -0.2) is 4.98 Å². The van der Waals surface area contributed by atoms with Crippen molar-refractivity contribution in [1.29, 1.82) is 0 Å². The van der Waals surface area contributed by atoms with Gasteiger partial charge in [0.25, 0.3) is 5.91 Å². The van der Waals surface area contributed by atoms with E-state index >= 15 is 0 Å². The predicted molar refractivity (Wildman–Crippen MR) is 98.5 cm³/mol. The Hall–Kier alpha value is -2.95. The molecule has 1 aliphatic rings. The minimum atomic E-state index is -0.0327. The van der Waals surface area contributed by atoms with Gasteiger partial charge in [-0.15, -0.1) is 0 Å². The molecule has 0 spiro atoms. The normalized spacial score (nSPS) is 14.9. The number of para-hydroxylation sites is 1. The summed E-state index contributed by atoms with van der Waals surface area (Å²) in [6.45, 7) is 2.03. The number of hydrogen-bond donors (Lipinski definition) is 2. The molecule has 5 nitrogen and oxygen atoms in total. The molecule has 2 heterocycles. The number of aromatic nitrogens is 2. The van der Waals surface area contributed by atoms with E-state index in [1.54, 1.807) is 6.20 Å². The van der Waals surface area contributed by atoms with Crippen molar-refractivity contribution < 1.29 is 4.79 Å². The summed E-state index contributed by atoms with van der Waals surface area (Å²) < 4.78 is 0. The quantitative estimate of drug-likeness (QED) is 0.748. The van der Waals surface area contributed by atoms with E-state index in [9.17, 15) is 4.79 Å². The number of nitrogens with one attached hydrogen (secondary N) is 2. The molecule has 1 atom stereocenters. The second-order valence-electron chi connectivity index (χ2n) is 6.44. The molecule has 126 valence electrons. The van der Waals surface area contributed by atoms with Crippen molar-refractivity contribution in [2.75, 3.05) is 5.32 Å². The first-order chi connectivity index (χ1) is 12.2. The highest BCUT2D eigenvalue weighted by atomic mass is 16.1. The van der Waals surface area contributed by atoms with E-state index in [0.717, 1.165) is 29.4 Å². The number of carbonyl (C=O) groups excluding carboxylic acids is 1. The van der Waals surface area contributed by atoms with E-state index in [2.05, 4.69) is 20.6 Å². The molecule has 1 aliphatic carbocycles. The first-order valence-electron chi connectivity index (χ1n) is 8.59. The molecule has 5 heteroatoms. The summed E-state index contributed by atoms with van der Waals surface area (Å²) >= 11 is 0. The van der Waals surface area contributed by atoms with Crippen LogP contribution in [0.5, 0.6) is 0 Å². The molecular formula is C20H20N4O. The lowest BCUT2D eigenvalue weighted by Crippen LogP contribution is -2.26. The Balaban J connectivity index is 1.68. The molecule has 1 aromatic carbocycles. The summed E-state index contributed by atoms with van der Waals surface area (Å²) in [6.07, 6.45) is 3.91. The monoisotopic (exact) mass is 332 g/mol. The van der Waals surface area contributed by atoms with Crippen LogP contribution in [0.1, 0.15) is 41.9 Å². The maximum Gasteiger partial charge on any atom is 0.252 e. The van der Waals surface area contributed by atoms with Crippen LogP contribution in [0.4, 0.5) is 5.82 Å². The highest BCUT2D eigenvalue weighted by Crippen LogP contribution is 2.25. The molecule has 1 saturated carbocycles. The lowest BCUT2D eigenvalue weighted by atomic mass is 10.1. The van der Waals surface area contributed by atoms with Gasteiger partial charge in [-0.1, -0.05) is 24.3 Å². The minimum Gasteiger partial charge on any atom is -0.362 e. The van der Waals surface area contributed by atoms with Crippen molar-refractivity contribution in [2.45, 2.75) is 31.8 Å². The number of hydrogen-bond acceptors (Lipinski definition) is 4. The molecule has 4 rings (SSSR count). The minimum absolute atomic E-state index is 0.00537.